The summed E-state index contributed by atoms with van der Waals surface area (Å²) < 4.78 is 31.2. The van der Waals surface area contributed by atoms with Crippen LogP contribution < -0.4 is 4.31 Å². The first kappa shape index (κ1) is 22.2. The van der Waals surface area contributed by atoms with E-state index >= 15 is 0 Å². The molecule has 0 N–H and O–H groups in total. The van der Waals surface area contributed by atoms with Crippen LogP contribution in [0.4, 0.5) is 5.69 Å². The second kappa shape index (κ2) is 8.94. The summed E-state index contributed by atoms with van der Waals surface area (Å²) in [6.45, 7) is 8.33. The average molecular weight is 411 g/mol. The Hall–Kier alpha value is -2.09. The zero-order valence-electron chi connectivity index (χ0n) is 17.3. The Morgan fingerprint density at radius 2 is 1.71 bits per heavy atom. The molecule has 1 atom stereocenters. The van der Waals surface area contributed by atoms with E-state index in [1.165, 1.54) is 4.31 Å². The van der Waals surface area contributed by atoms with Crippen molar-refractivity contribution in [2.45, 2.75) is 46.6 Å². The standard InChI is InChI=1S/C20H30N2O5S/c1-6-27-20(24)17-7-9-21(10-8-17)19(23)16(4)22(28(5,25)26)18-12-14(2)11-15(3)13-18/h11-13,16-17H,6-10H2,1-5H3/t16-/m1/s1. The van der Waals surface area contributed by atoms with Gasteiger partial charge >= 0.3 is 5.97 Å². The number of benzene rings is 1. The Kier molecular flexibility index (Phi) is 7.09. The van der Waals surface area contributed by atoms with Crippen LogP contribution >= 0.6 is 0 Å². The predicted molar refractivity (Wildman–Crippen MR) is 109 cm³/mol. The number of carbonyl (C=O) groups excluding carboxylic acids is 2. The highest BCUT2D eigenvalue weighted by molar-refractivity contribution is 7.92. The zero-order chi connectivity index (χ0) is 21.1. The van der Waals surface area contributed by atoms with E-state index in [1.54, 1.807) is 30.9 Å². The lowest BCUT2D eigenvalue weighted by Gasteiger charge is -2.36. The zero-order valence-corrected chi connectivity index (χ0v) is 18.1. The molecule has 2 rings (SSSR count). The van der Waals surface area contributed by atoms with E-state index in [4.69, 9.17) is 4.74 Å². The summed E-state index contributed by atoms with van der Waals surface area (Å²) in [5.41, 5.74) is 2.35. The number of amides is 1. The van der Waals surface area contributed by atoms with Crippen molar-refractivity contribution in [1.82, 2.24) is 4.90 Å². The molecule has 1 aromatic rings. The summed E-state index contributed by atoms with van der Waals surface area (Å²) >= 11 is 0. The molecular weight excluding hydrogens is 380 g/mol. The molecule has 0 aliphatic carbocycles. The highest BCUT2D eigenvalue weighted by Crippen LogP contribution is 2.26. The lowest BCUT2D eigenvalue weighted by Crippen LogP contribution is -2.51. The van der Waals surface area contributed by atoms with Crippen molar-refractivity contribution in [2.75, 3.05) is 30.3 Å². The summed E-state index contributed by atoms with van der Waals surface area (Å²) in [7, 11) is -3.65. The number of hydrogen-bond acceptors (Lipinski definition) is 5. The molecule has 1 fully saturated rings. The fraction of sp³-hybridized carbons (Fsp3) is 0.600. The minimum atomic E-state index is -3.65. The van der Waals surface area contributed by atoms with Crippen molar-refractivity contribution in [3.05, 3.63) is 29.3 Å². The fourth-order valence-corrected chi connectivity index (χ4v) is 4.89. The molecule has 0 spiro atoms. The molecule has 0 saturated carbocycles. The second-order valence-corrected chi connectivity index (χ2v) is 9.29. The predicted octanol–water partition coefficient (Wildman–Crippen LogP) is 2.26. The number of sulfonamides is 1. The fourth-order valence-electron chi connectivity index (χ4n) is 3.74. The van der Waals surface area contributed by atoms with Crippen molar-refractivity contribution in [3.8, 4) is 0 Å². The number of piperidine rings is 1. The highest BCUT2D eigenvalue weighted by atomic mass is 32.2. The van der Waals surface area contributed by atoms with Gasteiger partial charge in [0, 0.05) is 13.1 Å². The van der Waals surface area contributed by atoms with E-state index in [2.05, 4.69) is 0 Å². The van der Waals surface area contributed by atoms with Gasteiger partial charge in [-0.25, -0.2) is 8.42 Å². The van der Waals surface area contributed by atoms with Crippen LogP contribution in [0.15, 0.2) is 18.2 Å². The van der Waals surface area contributed by atoms with Crippen LogP contribution in [0.3, 0.4) is 0 Å². The van der Waals surface area contributed by atoms with Crippen LogP contribution in [0.2, 0.25) is 0 Å². The molecular formula is C20H30N2O5S. The molecule has 1 amide bonds. The summed E-state index contributed by atoms with van der Waals surface area (Å²) in [6, 6.07) is 4.63. The lowest BCUT2D eigenvalue weighted by molar-refractivity contribution is -0.151. The number of likely N-dealkylation sites (tertiary alicyclic amines) is 1. The van der Waals surface area contributed by atoms with Crippen molar-refractivity contribution in [3.63, 3.8) is 0 Å². The molecule has 28 heavy (non-hydrogen) atoms. The molecule has 0 bridgehead atoms. The lowest BCUT2D eigenvalue weighted by atomic mass is 9.96. The van der Waals surface area contributed by atoms with Crippen LogP contribution in [0.5, 0.6) is 0 Å². The number of hydrogen-bond donors (Lipinski definition) is 0. The quantitative estimate of drug-likeness (QED) is 0.672. The Morgan fingerprint density at radius 1 is 1.18 bits per heavy atom. The summed E-state index contributed by atoms with van der Waals surface area (Å²) in [5, 5.41) is 0. The van der Waals surface area contributed by atoms with Gasteiger partial charge in [0.25, 0.3) is 0 Å². The average Bonchev–Trinajstić information content (AvgIpc) is 2.59. The Labute approximate surface area is 167 Å². The topological polar surface area (TPSA) is 84.0 Å². The third-order valence-electron chi connectivity index (χ3n) is 4.95. The van der Waals surface area contributed by atoms with Gasteiger partial charge in [-0.05, 0) is 63.8 Å². The first-order valence-electron chi connectivity index (χ1n) is 9.57. The van der Waals surface area contributed by atoms with Crippen molar-refractivity contribution < 1.29 is 22.7 Å². The number of esters is 1. The minimum absolute atomic E-state index is 0.204. The molecule has 1 aliphatic rings. The number of ether oxygens (including phenoxy) is 1. The number of aryl methyl sites for hydroxylation is 2. The molecule has 8 heteroatoms. The largest absolute Gasteiger partial charge is 0.466 e. The van der Waals surface area contributed by atoms with Gasteiger partial charge < -0.3 is 9.64 Å². The molecule has 156 valence electrons. The van der Waals surface area contributed by atoms with Gasteiger partial charge in [-0.3, -0.25) is 13.9 Å². The Balaban J connectivity index is 2.18. The Morgan fingerprint density at radius 3 is 2.18 bits per heavy atom. The van der Waals surface area contributed by atoms with Gasteiger partial charge in [0.1, 0.15) is 6.04 Å². The minimum Gasteiger partial charge on any atom is -0.466 e. The van der Waals surface area contributed by atoms with E-state index in [0.717, 1.165) is 17.4 Å². The van der Waals surface area contributed by atoms with E-state index in [1.807, 2.05) is 19.9 Å². The van der Waals surface area contributed by atoms with E-state index < -0.39 is 16.1 Å². The maximum absolute atomic E-state index is 13.0. The number of carbonyl (C=O) groups is 2. The van der Waals surface area contributed by atoms with Gasteiger partial charge in [0.2, 0.25) is 15.9 Å². The van der Waals surface area contributed by atoms with Crippen LogP contribution in [0, 0.1) is 19.8 Å². The van der Waals surface area contributed by atoms with Crippen molar-refractivity contribution in [1.29, 1.82) is 0 Å². The van der Waals surface area contributed by atoms with E-state index in [9.17, 15) is 18.0 Å². The summed E-state index contributed by atoms with van der Waals surface area (Å²) in [4.78, 5) is 26.6. The summed E-state index contributed by atoms with van der Waals surface area (Å²) in [5.74, 6) is -0.688. The van der Waals surface area contributed by atoms with Crippen LogP contribution in [-0.2, 0) is 24.3 Å². The molecule has 0 unspecified atom stereocenters. The van der Waals surface area contributed by atoms with Gasteiger partial charge in [0.15, 0.2) is 0 Å². The van der Waals surface area contributed by atoms with Crippen LogP contribution in [0.25, 0.3) is 0 Å². The molecule has 0 radical (unpaired) electrons. The molecule has 0 aromatic heterocycles. The van der Waals surface area contributed by atoms with Gasteiger partial charge in [-0.2, -0.15) is 0 Å². The molecule has 1 heterocycles. The monoisotopic (exact) mass is 410 g/mol. The highest BCUT2D eigenvalue weighted by Gasteiger charge is 2.35. The molecule has 1 aliphatic heterocycles. The second-order valence-electron chi connectivity index (χ2n) is 7.43. The third kappa shape index (κ3) is 5.25. The van der Waals surface area contributed by atoms with Gasteiger partial charge in [-0.15, -0.1) is 0 Å². The first-order chi connectivity index (χ1) is 13.0. The normalized spacial score (nSPS) is 16.5. The van der Waals surface area contributed by atoms with Crippen molar-refractivity contribution in [2.24, 2.45) is 5.92 Å². The number of nitrogens with zero attached hydrogens (tertiary/aromatic N) is 2. The summed E-state index contributed by atoms with van der Waals surface area (Å²) in [6.07, 6.45) is 2.17. The number of anilines is 1. The Bertz CT molecular complexity index is 809. The van der Waals surface area contributed by atoms with E-state index in [0.29, 0.717) is 38.2 Å². The maximum atomic E-state index is 13.0. The molecule has 1 aromatic carbocycles. The smallest absolute Gasteiger partial charge is 0.309 e. The third-order valence-corrected chi connectivity index (χ3v) is 6.20. The van der Waals surface area contributed by atoms with Crippen LogP contribution in [0.1, 0.15) is 37.8 Å². The van der Waals surface area contributed by atoms with Crippen LogP contribution in [-0.4, -0.2) is 57.2 Å². The maximum Gasteiger partial charge on any atom is 0.309 e. The SMILES string of the molecule is CCOC(=O)C1CCN(C(=O)[C@@H](C)N(c2cc(C)cc(C)c2)S(C)(=O)=O)CC1. The number of rotatable bonds is 6. The van der Waals surface area contributed by atoms with Crippen molar-refractivity contribution >= 4 is 27.6 Å². The molecule has 1 saturated heterocycles. The van der Waals surface area contributed by atoms with E-state index in [-0.39, 0.29) is 17.8 Å². The van der Waals surface area contributed by atoms with Gasteiger partial charge in [-0.1, -0.05) is 6.07 Å². The molecule has 7 nitrogen and oxygen atoms in total. The first-order valence-corrected chi connectivity index (χ1v) is 11.4. The van der Waals surface area contributed by atoms with Gasteiger partial charge in [0.05, 0.1) is 24.5 Å².